The molecule has 3 rings (SSSR count). The molecule has 0 aliphatic carbocycles. The summed E-state index contributed by atoms with van der Waals surface area (Å²) >= 11 is 0. The number of ether oxygens (including phenoxy) is 1. The van der Waals surface area contributed by atoms with E-state index >= 15 is 0 Å². The van der Waals surface area contributed by atoms with Gasteiger partial charge in [0.1, 0.15) is 11.6 Å². The van der Waals surface area contributed by atoms with Gasteiger partial charge in [0.25, 0.3) is 0 Å². The number of aryl methyl sites for hydroxylation is 1. The van der Waals surface area contributed by atoms with Gasteiger partial charge in [-0.2, -0.15) is 8.78 Å². The predicted molar refractivity (Wildman–Crippen MR) is 117 cm³/mol. The Labute approximate surface area is 180 Å². The molecule has 0 radical (unpaired) electrons. The van der Waals surface area contributed by atoms with E-state index in [1.807, 2.05) is 36.1 Å². The summed E-state index contributed by atoms with van der Waals surface area (Å²) in [6, 6.07) is 13.8. The third kappa shape index (κ3) is 6.63. The molecule has 1 aliphatic heterocycles. The number of nitrogens with zero attached hydrogens (tertiary/aromatic N) is 2. The molecular weight excluding hydrogens is 442 g/mol. The van der Waals surface area contributed by atoms with Gasteiger partial charge in [0.2, 0.25) is 0 Å². The molecule has 2 aromatic rings. The summed E-state index contributed by atoms with van der Waals surface area (Å²) in [5.74, 6) is 0.860. The van der Waals surface area contributed by atoms with Crippen LogP contribution < -0.4 is 9.64 Å². The van der Waals surface area contributed by atoms with Crippen LogP contribution in [0.5, 0.6) is 5.75 Å². The number of halogens is 3. The Morgan fingerprint density at radius 1 is 1.07 bits per heavy atom. The van der Waals surface area contributed by atoms with E-state index < -0.39 is 6.61 Å². The number of aliphatic imine (C=N–C) groups is 1. The topological polar surface area (TPSA) is 41.9 Å². The zero-order valence-electron chi connectivity index (χ0n) is 16.3. The number of carbonyl (C=O) groups is 1. The zero-order chi connectivity index (χ0) is 19.9. The van der Waals surface area contributed by atoms with Gasteiger partial charge in [0.05, 0.1) is 6.54 Å². The monoisotopic (exact) mass is 466 g/mol. The first-order valence-corrected chi connectivity index (χ1v) is 9.48. The van der Waals surface area contributed by atoms with Gasteiger partial charge in [-0.15, -0.1) is 17.0 Å². The Bertz CT molecular complexity index is 824. The molecule has 0 fully saturated rings. The fourth-order valence-corrected chi connectivity index (χ4v) is 3.19. The van der Waals surface area contributed by atoms with Crippen molar-refractivity contribution in [3.63, 3.8) is 0 Å². The molecule has 0 atom stereocenters. The molecule has 0 bridgehead atoms. The quantitative estimate of drug-likeness (QED) is 0.502. The fraction of sp³-hybridized carbons (Fsp3) is 0.364. The van der Waals surface area contributed by atoms with Crippen molar-refractivity contribution in [3.05, 3.63) is 59.7 Å². The Kier molecular flexibility index (Phi) is 8.76. The summed E-state index contributed by atoms with van der Waals surface area (Å²) in [5, 5.41) is 0. The van der Waals surface area contributed by atoms with Gasteiger partial charge in [-0.1, -0.05) is 24.1 Å². The molecule has 0 spiro atoms. The van der Waals surface area contributed by atoms with Crippen LogP contribution in [0.3, 0.4) is 0 Å². The van der Waals surface area contributed by atoms with Gasteiger partial charge in [-0.05, 0) is 56.2 Å². The minimum atomic E-state index is -2.88. The first-order chi connectivity index (χ1) is 13.5. The van der Waals surface area contributed by atoms with Crippen LogP contribution in [0.1, 0.15) is 41.6 Å². The number of amidine groups is 1. The van der Waals surface area contributed by atoms with Crippen LogP contribution in [0.2, 0.25) is 0 Å². The molecule has 0 saturated heterocycles. The molecule has 0 aromatic heterocycles. The van der Waals surface area contributed by atoms with Crippen LogP contribution in [-0.2, 0) is 0 Å². The van der Waals surface area contributed by atoms with Gasteiger partial charge >= 0.3 is 6.61 Å². The van der Waals surface area contributed by atoms with Crippen LogP contribution in [0.15, 0.2) is 53.5 Å². The van der Waals surface area contributed by atoms with Gasteiger partial charge in [0, 0.05) is 24.2 Å². The molecule has 2 aromatic carbocycles. The molecule has 0 saturated carbocycles. The minimum absolute atomic E-state index is 0. The van der Waals surface area contributed by atoms with Crippen LogP contribution in [0, 0.1) is 6.92 Å². The van der Waals surface area contributed by atoms with Crippen molar-refractivity contribution < 1.29 is 18.3 Å². The maximum absolute atomic E-state index is 12.9. The number of benzene rings is 2. The summed E-state index contributed by atoms with van der Waals surface area (Å²) in [6.07, 6.45) is 4.08. The van der Waals surface area contributed by atoms with Crippen molar-refractivity contribution in [1.29, 1.82) is 0 Å². The average molecular weight is 467 g/mol. The summed E-state index contributed by atoms with van der Waals surface area (Å²) < 4.78 is 28.9. The molecule has 0 amide bonds. The third-order valence-electron chi connectivity index (χ3n) is 4.71. The van der Waals surface area contributed by atoms with E-state index in [9.17, 15) is 13.6 Å². The van der Waals surface area contributed by atoms with Crippen molar-refractivity contribution in [2.24, 2.45) is 4.99 Å². The van der Waals surface area contributed by atoms with Crippen molar-refractivity contribution in [2.75, 3.05) is 18.0 Å². The molecule has 29 heavy (non-hydrogen) atoms. The van der Waals surface area contributed by atoms with E-state index in [1.165, 1.54) is 24.3 Å². The number of hydrogen-bond donors (Lipinski definition) is 0. The summed E-state index contributed by atoms with van der Waals surface area (Å²) in [6.45, 7) is 0.0559. The largest absolute Gasteiger partial charge is 0.435 e. The average Bonchev–Trinajstić information content (AvgIpc) is 2.96. The lowest BCUT2D eigenvalue weighted by atomic mass is 10.1. The maximum Gasteiger partial charge on any atom is 0.387 e. The van der Waals surface area contributed by atoms with Crippen molar-refractivity contribution in [3.8, 4) is 5.75 Å². The first-order valence-electron chi connectivity index (χ1n) is 9.48. The second-order valence-corrected chi connectivity index (χ2v) is 6.86. The predicted octanol–water partition coefficient (Wildman–Crippen LogP) is 5.84. The van der Waals surface area contributed by atoms with E-state index in [0.29, 0.717) is 5.56 Å². The van der Waals surface area contributed by atoms with E-state index in [1.54, 1.807) is 0 Å². The van der Waals surface area contributed by atoms with Gasteiger partial charge < -0.3 is 9.64 Å². The second kappa shape index (κ2) is 11.0. The van der Waals surface area contributed by atoms with E-state index in [4.69, 9.17) is 4.99 Å². The number of carbonyl (C=O) groups excluding carboxylic acids is 1. The summed E-state index contributed by atoms with van der Waals surface area (Å²) in [5.41, 5.74) is 2.53. The maximum atomic E-state index is 12.9. The van der Waals surface area contributed by atoms with E-state index in [-0.39, 0.29) is 35.1 Å². The van der Waals surface area contributed by atoms with Crippen molar-refractivity contribution >= 4 is 34.3 Å². The van der Waals surface area contributed by atoms with Crippen molar-refractivity contribution in [2.45, 2.75) is 39.2 Å². The fourth-order valence-electron chi connectivity index (χ4n) is 3.19. The Morgan fingerprint density at radius 3 is 2.41 bits per heavy atom. The van der Waals surface area contributed by atoms with Crippen LogP contribution in [-0.4, -0.2) is 31.3 Å². The van der Waals surface area contributed by atoms with Crippen LogP contribution in [0.4, 0.5) is 14.5 Å². The summed E-state index contributed by atoms with van der Waals surface area (Å²) in [4.78, 5) is 19.5. The third-order valence-corrected chi connectivity index (χ3v) is 4.71. The number of ketones is 1. The van der Waals surface area contributed by atoms with Crippen LogP contribution in [0.25, 0.3) is 0 Å². The highest BCUT2D eigenvalue weighted by molar-refractivity contribution is 8.93. The molecule has 156 valence electrons. The highest BCUT2D eigenvalue weighted by atomic mass is 79.9. The van der Waals surface area contributed by atoms with Gasteiger partial charge in [0.15, 0.2) is 5.78 Å². The normalized spacial score (nSPS) is 13.9. The number of rotatable bonds is 6. The lowest BCUT2D eigenvalue weighted by molar-refractivity contribution is -0.0498. The SMILES string of the molecule is Br.Cc1ccc(N(CC(=O)c2ccc(OC(F)F)cc2)C2=NCCCCC2)cc1. The Balaban J connectivity index is 0.00000300. The molecule has 4 nitrogen and oxygen atoms in total. The first kappa shape index (κ1) is 23.0. The Morgan fingerprint density at radius 2 is 1.76 bits per heavy atom. The number of anilines is 1. The molecule has 1 heterocycles. The van der Waals surface area contributed by atoms with E-state index in [2.05, 4.69) is 4.74 Å². The lowest BCUT2D eigenvalue weighted by Crippen LogP contribution is -2.36. The molecule has 1 aliphatic rings. The minimum Gasteiger partial charge on any atom is -0.435 e. The smallest absolute Gasteiger partial charge is 0.387 e. The van der Waals surface area contributed by atoms with E-state index in [0.717, 1.165) is 49.3 Å². The molecule has 0 N–H and O–H groups in total. The number of hydrogen-bond acceptors (Lipinski definition) is 4. The lowest BCUT2D eigenvalue weighted by Gasteiger charge is -2.26. The highest BCUT2D eigenvalue weighted by Crippen LogP contribution is 2.21. The zero-order valence-corrected chi connectivity index (χ0v) is 18.0. The molecule has 7 heteroatoms. The van der Waals surface area contributed by atoms with Gasteiger partial charge in [-0.25, -0.2) is 0 Å². The number of alkyl halides is 2. The summed E-state index contributed by atoms with van der Waals surface area (Å²) in [7, 11) is 0. The van der Waals surface area contributed by atoms with Crippen molar-refractivity contribution in [1.82, 2.24) is 0 Å². The Hall–Kier alpha value is -2.28. The second-order valence-electron chi connectivity index (χ2n) is 6.86. The van der Waals surface area contributed by atoms with Crippen LogP contribution >= 0.6 is 17.0 Å². The highest BCUT2D eigenvalue weighted by Gasteiger charge is 2.19. The van der Waals surface area contributed by atoms with Gasteiger partial charge in [-0.3, -0.25) is 9.79 Å². The standard InChI is InChI=1S/C22H24F2N2O2.BrH/c1-16-6-10-18(11-7-16)26(21-5-3-2-4-14-25-21)15-20(27)17-8-12-19(13-9-17)28-22(23)24;/h6-13,22H,2-5,14-15H2,1H3;1H. The molecular formula is C22H25BrF2N2O2. The molecule has 0 unspecified atom stereocenters. The number of Topliss-reactive ketones (excluding diaryl/α,β-unsaturated/α-hetero) is 1.